The minimum absolute atomic E-state index is 0.122. The van der Waals surface area contributed by atoms with Crippen molar-refractivity contribution in [3.05, 3.63) is 16.1 Å². The van der Waals surface area contributed by atoms with Gasteiger partial charge >= 0.3 is 0 Å². The average Bonchev–Trinajstić information content (AvgIpc) is 2.82. The summed E-state index contributed by atoms with van der Waals surface area (Å²) in [5.41, 5.74) is 1.12. The number of rotatable bonds is 8. The van der Waals surface area contributed by atoms with E-state index >= 15 is 0 Å². The van der Waals surface area contributed by atoms with Crippen LogP contribution in [0.1, 0.15) is 65.6 Å². The average molecular weight is 313 g/mol. The molecule has 0 spiro atoms. The third kappa shape index (κ3) is 5.68. The molecule has 1 aromatic rings. The predicted molar refractivity (Wildman–Crippen MR) is 92.3 cm³/mol. The molecule has 0 aliphatic heterocycles. The quantitative estimate of drug-likeness (QED) is 0.782. The highest BCUT2D eigenvalue weighted by Crippen LogP contribution is 2.26. The summed E-state index contributed by atoms with van der Waals surface area (Å²) in [6.07, 6.45) is 2.05. The molecule has 21 heavy (non-hydrogen) atoms. The van der Waals surface area contributed by atoms with E-state index in [1.54, 1.807) is 11.3 Å². The molecule has 1 rings (SSSR count). The summed E-state index contributed by atoms with van der Waals surface area (Å²) in [7, 11) is 0. The summed E-state index contributed by atoms with van der Waals surface area (Å²) in [6.45, 7) is 17.0. The Balaban J connectivity index is 2.83. The van der Waals surface area contributed by atoms with Gasteiger partial charge in [0.15, 0.2) is 0 Å². The Labute approximate surface area is 134 Å². The molecule has 0 saturated heterocycles. The molecule has 0 saturated carbocycles. The molecule has 0 fully saturated rings. The van der Waals surface area contributed by atoms with Crippen molar-refractivity contribution in [2.45, 2.75) is 78.4 Å². The Kier molecular flexibility index (Phi) is 6.82. The zero-order valence-electron chi connectivity index (χ0n) is 14.7. The number of nitrogens with zero attached hydrogens (tertiary/aromatic N) is 1. The summed E-state index contributed by atoms with van der Waals surface area (Å²) >= 11 is 1.77. The summed E-state index contributed by atoms with van der Waals surface area (Å²) in [5, 5.41) is 7.02. The van der Waals surface area contributed by atoms with E-state index in [-0.39, 0.29) is 17.1 Å². The van der Waals surface area contributed by atoms with Gasteiger partial charge in [-0.1, -0.05) is 27.7 Å². The van der Waals surface area contributed by atoms with Crippen molar-refractivity contribution in [1.82, 2.24) is 10.3 Å². The molecule has 1 atom stereocenters. The van der Waals surface area contributed by atoms with E-state index in [1.165, 1.54) is 10.7 Å². The van der Waals surface area contributed by atoms with Gasteiger partial charge in [0.25, 0.3) is 0 Å². The van der Waals surface area contributed by atoms with Gasteiger partial charge in [0.05, 0.1) is 16.3 Å². The Morgan fingerprint density at radius 2 is 1.90 bits per heavy atom. The Morgan fingerprint density at radius 1 is 1.24 bits per heavy atom. The molecule has 3 nitrogen and oxygen atoms in total. The molecular formula is C17H32N2OS. The van der Waals surface area contributed by atoms with Crippen LogP contribution in [0.15, 0.2) is 5.38 Å². The first kappa shape index (κ1) is 18.6. The standard InChI is InChI=1S/C17H32N2OS/c1-8-10-18-13(17(6,7)20-9-2)11-15-19-14(12-21-15)16(3,4)5/h12-13,18H,8-11H2,1-7H3. The molecule has 0 aliphatic carbocycles. The first-order valence-electron chi connectivity index (χ1n) is 8.03. The Hall–Kier alpha value is -0.450. The zero-order chi connectivity index (χ0) is 16.1. The highest BCUT2D eigenvalue weighted by molar-refractivity contribution is 7.09. The number of thiazole rings is 1. The second kappa shape index (κ2) is 7.70. The smallest absolute Gasteiger partial charge is 0.0945 e. The van der Waals surface area contributed by atoms with Crippen LogP contribution in [-0.2, 0) is 16.6 Å². The Morgan fingerprint density at radius 3 is 2.38 bits per heavy atom. The lowest BCUT2D eigenvalue weighted by molar-refractivity contribution is -0.0380. The first-order valence-corrected chi connectivity index (χ1v) is 8.91. The van der Waals surface area contributed by atoms with Crippen molar-refractivity contribution in [3.63, 3.8) is 0 Å². The summed E-state index contributed by atoms with van der Waals surface area (Å²) < 4.78 is 5.95. The SMILES string of the molecule is CCCNC(Cc1nc(C(C)(C)C)cs1)C(C)(C)OCC. The van der Waals surface area contributed by atoms with Gasteiger partial charge in [-0.25, -0.2) is 4.98 Å². The molecule has 0 aromatic carbocycles. The molecule has 0 aliphatic rings. The number of aromatic nitrogens is 1. The van der Waals surface area contributed by atoms with Gasteiger partial charge < -0.3 is 10.1 Å². The van der Waals surface area contributed by atoms with E-state index in [0.29, 0.717) is 0 Å². The van der Waals surface area contributed by atoms with Crippen LogP contribution in [0.2, 0.25) is 0 Å². The van der Waals surface area contributed by atoms with Gasteiger partial charge in [-0.2, -0.15) is 0 Å². The maximum atomic E-state index is 5.95. The number of nitrogens with one attached hydrogen (secondary N) is 1. The van der Waals surface area contributed by atoms with Crippen LogP contribution in [0.4, 0.5) is 0 Å². The molecule has 4 heteroatoms. The van der Waals surface area contributed by atoms with Crippen LogP contribution >= 0.6 is 11.3 Å². The third-order valence-electron chi connectivity index (χ3n) is 3.70. The van der Waals surface area contributed by atoms with E-state index in [1.807, 2.05) is 0 Å². The second-order valence-electron chi connectivity index (χ2n) is 7.12. The van der Waals surface area contributed by atoms with Gasteiger partial charge in [-0.15, -0.1) is 11.3 Å². The highest BCUT2D eigenvalue weighted by atomic mass is 32.1. The summed E-state index contributed by atoms with van der Waals surface area (Å²) in [4.78, 5) is 4.83. The van der Waals surface area contributed by atoms with Crippen molar-refractivity contribution >= 4 is 11.3 Å². The van der Waals surface area contributed by atoms with Crippen LogP contribution in [0.3, 0.4) is 0 Å². The van der Waals surface area contributed by atoms with E-state index in [4.69, 9.17) is 9.72 Å². The van der Waals surface area contributed by atoms with Crippen molar-refractivity contribution in [3.8, 4) is 0 Å². The fraction of sp³-hybridized carbons (Fsp3) is 0.824. The fourth-order valence-corrected chi connectivity index (χ4v) is 3.35. The number of hydrogen-bond donors (Lipinski definition) is 1. The van der Waals surface area contributed by atoms with Crippen molar-refractivity contribution < 1.29 is 4.74 Å². The molecule has 1 unspecified atom stereocenters. The van der Waals surface area contributed by atoms with E-state index in [0.717, 1.165) is 26.0 Å². The van der Waals surface area contributed by atoms with E-state index in [2.05, 4.69) is 59.2 Å². The molecule has 0 radical (unpaired) electrons. The van der Waals surface area contributed by atoms with Gasteiger partial charge in [0.1, 0.15) is 0 Å². The maximum Gasteiger partial charge on any atom is 0.0945 e. The van der Waals surface area contributed by atoms with Gasteiger partial charge in [0, 0.05) is 29.9 Å². The molecule has 1 aromatic heterocycles. The van der Waals surface area contributed by atoms with Crippen molar-refractivity contribution in [1.29, 1.82) is 0 Å². The lowest BCUT2D eigenvalue weighted by Crippen LogP contribution is -2.50. The van der Waals surface area contributed by atoms with Crippen LogP contribution in [0.5, 0.6) is 0 Å². The monoisotopic (exact) mass is 312 g/mol. The van der Waals surface area contributed by atoms with Crippen LogP contribution in [0.25, 0.3) is 0 Å². The Bertz CT molecular complexity index is 421. The molecule has 1 heterocycles. The zero-order valence-corrected chi connectivity index (χ0v) is 15.6. The molecule has 0 amide bonds. The normalized spacial score (nSPS) is 14.4. The van der Waals surface area contributed by atoms with Crippen LogP contribution < -0.4 is 5.32 Å². The minimum atomic E-state index is -0.183. The molecule has 0 bridgehead atoms. The van der Waals surface area contributed by atoms with E-state index in [9.17, 15) is 0 Å². The maximum absolute atomic E-state index is 5.95. The second-order valence-corrected chi connectivity index (χ2v) is 8.07. The molecule has 1 N–H and O–H groups in total. The number of ether oxygens (including phenoxy) is 1. The fourth-order valence-electron chi connectivity index (χ4n) is 2.28. The van der Waals surface area contributed by atoms with E-state index < -0.39 is 0 Å². The van der Waals surface area contributed by atoms with Crippen molar-refractivity contribution in [2.24, 2.45) is 0 Å². The van der Waals surface area contributed by atoms with Gasteiger partial charge in [0.2, 0.25) is 0 Å². The molecule has 122 valence electrons. The summed E-state index contributed by atoms with van der Waals surface area (Å²) in [5.74, 6) is 0. The topological polar surface area (TPSA) is 34.2 Å². The van der Waals surface area contributed by atoms with Gasteiger partial charge in [-0.3, -0.25) is 0 Å². The molecular weight excluding hydrogens is 280 g/mol. The first-order chi connectivity index (χ1) is 9.70. The van der Waals surface area contributed by atoms with Crippen LogP contribution in [0, 0.1) is 0 Å². The third-order valence-corrected chi connectivity index (χ3v) is 4.57. The summed E-state index contributed by atoms with van der Waals surface area (Å²) in [6, 6.07) is 0.288. The van der Waals surface area contributed by atoms with Crippen molar-refractivity contribution in [2.75, 3.05) is 13.2 Å². The largest absolute Gasteiger partial charge is 0.374 e. The lowest BCUT2D eigenvalue weighted by atomic mass is 9.93. The minimum Gasteiger partial charge on any atom is -0.374 e. The highest BCUT2D eigenvalue weighted by Gasteiger charge is 2.31. The lowest BCUT2D eigenvalue weighted by Gasteiger charge is -2.34. The van der Waals surface area contributed by atoms with Gasteiger partial charge in [-0.05, 0) is 33.7 Å². The predicted octanol–water partition coefficient (Wildman–Crippen LogP) is 4.17. The van der Waals surface area contributed by atoms with Crippen LogP contribution in [-0.4, -0.2) is 29.8 Å². The number of hydrogen-bond acceptors (Lipinski definition) is 4.